The maximum atomic E-state index is 11.0. The lowest BCUT2D eigenvalue weighted by Gasteiger charge is -2.18. The average Bonchev–Trinajstić information content (AvgIpc) is 2.14. The Kier molecular flexibility index (Phi) is 6.22. The third-order valence-corrected chi connectivity index (χ3v) is 1.31. The second-order valence-electron chi connectivity index (χ2n) is 4.04. The standard InChI is InChI=1S/C11H18O5/c1-5-9(12)14-7-6-8-15-10(13)16-11(2,3)4/h5H,1,6-8H2,2-4H3. The molecule has 0 rings (SSSR count). The maximum absolute atomic E-state index is 11.0. The Morgan fingerprint density at radius 2 is 1.75 bits per heavy atom. The SMILES string of the molecule is C=CC(=O)OCCCOC(=O)OC(C)(C)C. The predicted octanol–water partition coefficient (Wildman–Crippen LogP) is 2.06. The first-order chi connectivity index (χ1) is 7.35. The van der Waals surface area contributed by atoms with Crippen molar-refractivity contribution >= 4 is 12.1 Å². The highest BCUT2D eigenvalue weighted by molar-refractivity contribution is 5.81. The number of esters is 1. The Labute approximate surface area is 95.4 Å². The summed E-state index contributed by atoms with van der Waals surface area (Å²) in [4.78, 5) is 21.7. The molecular formula is C11H18O5. The first-order valence-corrected chi connectivity index (χ1v) is 5.00. The number of carbonyl (C=O) groups is 2. The van der Waals surface area contributed by atoms with E-state index >= 15 is 0 Å². The van der Waals surface area contributed by atoms with Gasteiger partial charge in [0, 0.05) is 12.5 Å². The Morgan fingerprint density at radius 3 is 2.25 bits per heavy atom. The molecule has 92 valence electrons. The van der Waals surface area contributed by atoms with Gasteiger partial charge in [0.1, 0.15) is 5.60 Å². The summed E-state index contributed by atoms with van der Waals surface area (Å²) >= 11 is 0. The summed E-state index contributed by atoms with van der Waals surface area (Å²) in [6.45, 7) is 8.84. The number of ether oxygens (including phenoxy) is 3. The fourth-order valence-corrected chi connectivity index (χ4v) is 0.726. The summed E-state index contributed by atoms with van der Waals surface area (Å²) in [6.07, 6.45) is 0.788. The minimum atomic E-state index is -0.720. The zero-order chi connectivity index (χ0) is 12.6. The molecule has 0 aromatic carbocycles. The lowest BCUT2D eigenvalue weighted by atomic mass is 10.2. The molecule has 0 radical (unpaired) electrons. The Morgan fingerprint density at radius 1 is 1.19 bits per heavy atom. The van der Waals surface area contributed by atoms with Crippen LogP contribution >= 0.6 is 0 Å². The van der Waals surface area contributed by atoms with E-state index in [0.29, 0.717) is 6.42 Å². The third kappa shape index (κ3) is 9.05. The molecule has 0 aromatic heterocycles. The smallest absolute Gasteiger partial charge is 0.462 e. The van der Waals surface area contributed by atoms with Gasteiger partial charge < -0.3 is 14.2 Å². The van der Waals surface area contributed by atoms with E-state index < -0.39 is 17.7 Å². The van der Waals surface area contributed by atoms with Crippen molar-refractivity contribution in [3.8, 4) is 0 Å². The molecule has 0 atom stereocenters. The highest BCUT2D eigenvalue weighted by Crippen LogP contribution is 2.07. The summed E-state index contributed by atoms with van der Waals surface area (Å²) in [5.41, 5.74) is -0.563. The van der Waals surface area contributed by atoms with Crippen LogP contribution in [0.15, 0.2) is 12.7 Å². The molecule has 0 spiro atoms. The molecule has 0 aliphatic carbocycles. The van der Waals surface area contributed by atoms with Crippen molar-refractivity contribution in [1.82, 2.24) is 0 Å². The largest absolute Gasteiger partial charge is 0.508 e. The fourth-order valence-electron chi connectivity index (χ4n) is 0.726. The molecule has 0 unspecified atom stereocenters. The summed E-state index contributed by atoms with van der Waals surface area (Å²) in [6, 6.07) is 0. The number of carbonyl (C=O) groups excluding carboxylic acids is 2. The van der Waals surface area contributed by atoms with Crippen LogP contribution < -0.4 is 0 Å². The Balaban J connectivity index is 3.49. The van der Waals surface area contributed by atoms with Gasteiger partial charge in [0.15, 0.2) is 0 Å². The van der Waals surface area contributed by atoms with Crippen LogP contribution in [0.25, 0.3) is 0 Å². The molecule has 0 aromatic rings. The summed E-state index contributed by atoms with van der Waals surface area (Å²) < 4.78 is 14.3. The Hall–Kier alpha value is -1.52. The normalized spacial score (nSPS) is 10.4. The molecule has 0 fully saturated rings. The summed E-state index contributed by atoms with van der Waals surface area (Å²) in [5.74, 6) is -0.489. The minimum Gasteiger partial charge on any atom is -0.462 e. The van der Waals surface area contributed by atoms with Gasteiger partial charge in [-0.25, -0.2) is 9.59 Å². The molecule has 0 saturated heterocycles. The Bertz CT molecular complexity index is 252. The zero-order valence-corrected chi connectivity index (χ0v) is 9.95. The van der Waals surface area contributed by atoms with E-state index in [1.807, 2.05) is 0 Å². The van der Waals surface area contributed by atoms with Crippen LogP contribution in [-0.2, 0) is 19.0 Å². The first-order valence-electron chi connectivity index (χ1n) is 5.00. The molecule has 0 aliphatic rings. The highest BCUT2D eigenvalue weighted by Gasteiger charge is 2.16. The molecule has 0 heterocycles. The minimum absolute atomic E-state index is 0.152. The second kappa shape index (κ2) is 6.87. The molecule has 0 amide bonds. The topological polar surface area (TPSA) is 61.8 Å². The van der Waals surface area contributed by atoms with Gasteiger partial charge in [0.25, 0.3) is 0 Å². The molecule has 16 heavy (non-hydrogen) atoms. The number of hydrogen-bond acceptors (Lipinski definition) is 5. The quantitative estimate of drug-likeness (QED) is 0.411. The van der Waals surface area contributed by atoms with Crippen molar-refractivity contribution in [1.29, 1.82) is 0 Å². The lowest BCUT2D eigenvalue weighted by molar-refractivity contribution is -0.138. The van der Waals surface area contributed by atoms with E-state index in [0.717, 1.165) is 6.08 Å². The van der Waals surface area contributed by atoms with E-state index in [9.17, 15) is 9.59 Å². The number of hydrogen-bond donors (Lipinski definition) is 0. The van der Waals surface area contributed by atoms with Crippen molar-refractivity contribution in [3.05, 3.63) is 12.7 Å². The van der Waals surface area contributed by atoms with E-state index in [2.05, 4.69) is 11.3 Å². The van der Waals surface area contributed by atoms with Crippen LogP contribution in [0.1, 0.15) is 27.2 Å². The van der Waals surface area contributed by atoms with Crippen LogP contribution in [-0.4, -0.2) is 30.9 Å². The summed E-state index contributed by atoms with van der Waals surface area (Å²) in [7, 11) is 0. The molecule has 0 bridgehead atoms. The number of rotatable bonds is 5. The molecule has 5 nitrogen and oxygen atoms in total. The van der Waals surface area contributed by atoms with Crippen LogP contribution in [0.3, 0.4) is 0 Å². The molecule has 0 aliphatic heterocycles. The fraction of sp³-hybridized carbons (Fsp3) is 0.636. The van der Waals surface area contributed by atoms with Gasteiger partial charge in [0.2, 0.25) is 0 Å². The summed E-state index contributed by atoms with van der Waals surface area (Å²) in [5, 5.41) is 0. The monoisotopic (exact) mass is 230 g/mol. The van der Waals surface area contributed by atoms with Crippen LogP contribution in [0.5, 0.6) is 0 Å². The predicted molar refractivity (Wildman–Crippen MR) is 58.0 cm³/mol. The van der Waals surface area contributed by atoms with Crippen LogP contribution in [0.4, 0.5) is 4.79 Å². The van der Waals surface area contributed by atoms with Crippen molar-refractivity contribution in [2.75, 3.05) is 13.2 Å². The molecular weight excluding hydrogens is 212 g/mol. The van der Waals surface area contributed by atoms with Gasteiger partial charge in [-0.1, -0.05) is 6.58 Å². The van der Waals surface area contributed by atoms with Gasteiger partial charge in [-0.05, 0) is 20.8 Å². The second-order valence-corrected chi connectivity index (χ2v) is 4.04. The van der Waals surface area contributed by atoms with E-state index in [-0.39, 0.29) is 13.2 Å². The van der Waals surface area contributed by atoms with Crippen LogP contribution in [0, 0.1) is 0 Å². The van der Waals surface area contributed by atoms with Gasteiger partial charge in [-0.3, -0.25) is 0 Å². The van der Waals surface area contributed by atoms with Gasteiger partial charge >= 0.3 is 12.1 Å². The molecule has 0 saturated carbocycles. The van der Waals surface area contributed by atoms with Crippen molar-refractivity contribution in [3.63, 3.8) is 0 Å². The van der Waals surface area contributed by atoms with Gasteiger partial charge in [0.05, 0.1) is 13.2 Å². The van der Waals surface area contributed by atoms with Crippen LogP contribution in [0.2, 0.25) is 0 Å². The molecule has 0 N–H and O–H groups in total. The van der Waals surface area contributed by atoms with E-state index in [4.69, 9.17) is 9.47 Å². The maximum Gasteiger partial charge on any atom is 0.508 e. The van der Waals surface area contributed by atoms with Crippen molar-refractivity contribution in [2.24, 2.45) is 0 Å². The molecule has 5 heteroatoms. The first kappa shape index (κ1) is 14.5. The van der Waals surface area contributed by atoms with Gasteiger partial charge in [-0.2, -0.15) is 0 Å². The zero-order valence-electron chi connectivity index (χ0n) is 9.95. The van der Waals surface area contributed by atoms with E-state index in [1.165, 1.54) is 0 Å². The highest BCUT2D eigenvalue weighted by atomic mass is 16.7. The van der Waals surface area contributed by atoms with Crippen molar-refractivity contribution in [2.45, 2.75) is 32.8 Å². The third-order valence-electron chi connectivity index (χ3n) is 1.31. The van der Waals surface area contributed by atoms with E-state index in [1.54, 1.807) is 20.8 Å². The average molecular weight is 230 g/mol. The van der Waals surface area contributed by atoms with Gasteiger partial charge in [-0.15, -0.1) is 0 Å². The lowest BCUT2D eigenvalue weighted by Crippen LogP contribution is -2.24. The van der Waals surface area contributed by atoms with Crippen molar-refractivity contribution < 1.29 is 23.8 Å².